The predicted octanol–water partition coefficient (Wildman–Crippen LogP) is 15.5. The molecule has 0 fully saturated rings. The number of hydrogen-bond acceptors (Lipinski definition) is 2. The van der Waals surface area contributed by atoms with Gasteiger partial charge in [0.25, 0.3) is 0 Å². The summed E-state index contributed by atoms with van der Waals surface area (Å²) in [6.07, 6.45) is 0. The molecule has 0 aliphatic heterocycles. The van der Waals surface area contributed by atoms with Crippen LogP contribution in [0.4, 0.5) is 17.1 Å². The van der Waals surface area contributed by atoms with Gasteiger partial charge in [-0.05, 0) is 109 Å². The van der Waals surface area contributed by atoms with Crippen molar-refractivity contribution < 1.29 is 4.42 Å². The number of benzene rings is 10. The van der Waals surface area contributed by atoms with Gasteiger partial charge in [-0.3, -0.25) is 0 Å². The topological polar surface area (TPSA) is 16.4 Å². The highest BCUT2D eigenvalue weighted by molar-refractivity contribution is 6.10. The third kappa shape index (κ3) is 5.42. The molecule has 11 aromatic rings. The zero-order valence-corrected chi connectivity index (χ0v) is 30.6. The first-order valence-electron chi connectivity index (χ1n) is 19.2. The van der Waals surface area contributed by atoms with Crippen LogP contribution in [0.25, 0.3) is 87.6 Å². The van der Waals surface area contributed by atoms with E-state index in [1.807, 2.05) is 12.1 Å². The number of para-hydroxylation sites is 2. The quantitative estimate of drug-likeness (QED) is 0.160. The molecule has 262 valence electrons. The molecule has 1 heterocycles. The number of anilines is 3. The summed E-state index contributed by atoms with van der Waals surface area (Å²) < 4.78 is 6.43. The normalized spacial score (nSPS) is 11.6. The van der Waals surface area contributed by atoms with Crippen molar-refractivity contribution in [2.75, 3.05) is 4.90 Å². The van der Waals surface area contributed by atoms with Crippen LogP contribution >= 0.6 is 0 Å². The van der Waals surface area contributed by atoms with Crippen molar-refractivity contribution in [1.82, 2.24) is 0 Å². The maximum absolute atomic E-state index is 6.43. The van der Waals surface area contributed by atoms with E-state index in [1.54, 1.807) is 0 Å². The molecule has 2 heteroatoms. The molecular weight excluding hydrogens is 679 g/mol. The number of hydrogen-bond donors (Lipinski definition) is 0. The zero-order chi connectivity index (χ0) is 37.0. The molecule has 0 unspecified atom stereocenters. The minimum absolute atomic E-state index is 0.907. The Balaban J connectivity index is 1.04. The summed E-state index contributed by atoms with van der Waals surface area (Å²) in [6, 6.07) is 76.5. The second-order valence-corrected chi connectivity index (χ2v) is 14.5. The van der Waals surface area contributed by atoms with Gasteiger partial charge in [0.15, 0.2) is 0 Å². The van der Waals surface area contributed by atoms with Crippen LogP contribution < -0.4 is 4.90 Å². The maximum atomic E-state index is 6.43. The minimum atomic E-state index is 0.907. The number of furan rings is 1. The molecule has 10 aromatic carbocycles. The van der Waals surface area contributed by atoms with E-state index in [2.05, 4.69) is 205 Å². The van der Waals surface area contributed by atoms with E-state index in [0.29, 0.717) is 0 Å². The molecule has 11 rings (SSSR count). The molecule has 56 heavy (non-hydrogen) atoms. The lowest BCUT2D eigenvalue weighted by molar-refractivity contribution is 0.670. The first-order chi connectivity index (χ1) is 27.7. The van der Waals surface area contributed by atoms with Gasteiger partial charge < -0.3 is 9.32 Å². The average molecular weight is 714 g/mol. The summed E-state index contributed by atoms with van der Waals surface area (Å²) >= 11 is 0. The summed E-state index contributed by atoms with van der Waals surface area (Å²) in [5.74, 6) is 0. The van der Waals surface area contributed by atoms with Gasteiger partial charge in [0.05, 0.1) is 0 Å². The summed E-state index contributed by atoms with van der Waals surface area (Å²) in [4.78, 5) is 2.37. The van der Waals surface area contributed by atoms with Crippen molar-refractivity contribution in [3.05, 3.63) is 212 Å². The van der Waals surface area contributed by atoms with Gasteiger partial charge in [0, 0.05) is 33.4 Å². The van der Waals surface area contributed by atoms with Gasteiger partial charge in [0.2, 0.25) is 0 Å². The fraction of sp³-hybridized carbons (Fsp3) is 0. The molecule has 0 radical (unpaired) electrons. The Morgan fingerprint density at radius 3 is 1.73 bits per heavy atom. The lowest BCUT2D eigenvalue weighted by Gasteiger charge is -2.27. The lowest BCUT2D eigenvalue weighted by atomic mass is 9.95. The van der Waals surface area contributed by atoms with E-state index >= 15 is 0 Å². The van der Waals surface area contributed by atoms with Crippen LogP contribution in [0.3, 0.4) is 0 Å². The van der Waals surface area contributed by atoms with E-state index in [4.69, 9.17) is 4.42 Å². The van der Waals surface area contributed by atoms with Crippen LogP contribution in [0.1, 0.15) is 0 Å². The Labute approximate surface area is 325 Å². The Kier molecular flexibility index (Phi) is 7.53. The number of rotatable bonds is 6. The molecule has 0 bridgehead atoms. The molecule has 2 nitrogen and oxygen atoms in total. The molecule has 0 aliphatic carbocycles. The summed E-state index contributed by atoms with van der Waals surface area (Å²) in [5, 5.41) is 9.75. The first kappa shape index (κ1) is 32.0. The van der Waals surface area contributed by atoms with Crippen molar-refractivity contribution in [3.8, 4) is 33.4 Å². The molecule has 0 spiro atoms. The number of nitrogens with zero attached hydrogens (tertiary/aromatic N) is 1. The third-order valence-corrected chi connectivity index (χ3v) is 11.2. The fourth-order valence-corrected chi connectivity index (χ4v) is 8.52. The van der Waals surface area contributed by atoms with Crippen molar-refractivity contribution in [1.29, 1.82) is 0 Å². The largest absolute Gasteiger partial charge is 0.455 e. The van der Waals surface area contributed by atoms with Crippen LogP contribution in [0.2, 0.25) is 0 Å². The van der Waals surface area contributed by atoms with Crippen LogP contribution in [0.5, 0.6) is 0 Å². The van der Waals surface area contributed by atoms with Gasteiger partial charge >= 0.3 is 0 Å². The van der Waals surface area contributed by atoms with E-state index < -0.39 is 0 Å². The Hall–Kier alpha value is -7.42. The van der Waals surface area contributed by atoms with Gasteiger partial charge in [-0.1, -0.05) is 164 Å². The Morgan fingerprint density at radius 1 is 0.286 bits per heavy atom. The van der Waals surface area contributed by atoms with Crippen molar-refractivity contribution >= 4 is 71.3 Å². The zero-order valence-electron chi connectivity index (χ0n) is 30.6. The van der Waals surface area contributed by atoms with Crippen LogP contribution in [0, 0.1) is 0 Å². The van der Waals surface area contributed by atoms with Crippen molar-refractivity contribution in [3.63, 3.8) is 0 Å². The minimum Gasteiger partial charge on any atom is -0.455 e. The van der Waals surface area contributed by atoms with Gasteiger partial charge in [0.1, 0.15) is 11.2 Å². The second kappa shape index (κ2) is 13.2. The summed E-state index contributed by atoms with van der Waals surface area (Å²) in [6.45, 7) is 0. The standard InChI is InChI=1S/C54H35NO/c1-3-18-46-36(11-1)13-9-21-48(46)41-16-7-14-39(33-41)40-15-8-17-44(34-40)55(45-31-32-49-42(35-45)26-25-37-12-2-4-19-47(37)49)43-29-27-38(28-30-43)50-22-10-23-52-51-20-5-6-24-53(51)56-54(50)52/h1-35H. The molecule has 0 aliphatic rings. The van der Waals surface area contributed by atoms with Crippen molar-refractivity contribution in [2.45, 2.75) is 0 Å². The smallest absolute Gasteiger partial charge is 0.143 e. The first-order valence-corrected chi connectivity index (χ1v) is 19.2. The highest BCUT2D eigenvalue weighted by Crippen LogP contribution is 2.42. The van der Waals surface area contributed by atoms with Crippen LogP contribution in [-0.2, 0) is 0 Å². The van der Waals surface area contributed by atoms with Crippen LogP contribution in [0.15, 0.2) is 217 Å². The molecule has 0 atom stereocenters. The van der Waals surface area contributed by atoms with Gasteiger partial charge in [-0.2, -0.15) is 0 Å². The van der Waals surface area contributed by atoms with E-state index in [-0.39, 0.29) is 0 Å². The molecule has 0 saturated carbocycles. The Morgan fingerprint density at radius 2 is 0.857 bits per heavy atom. The molecule has 0 saturated heterocycles. The Bertz CT molecular complexity index is 3260. The van der Waals surface area contributed by atoms with Crippen LogP contribution in [-0.4, -0.2) is 0 Å². The molecule has 1 aromatic heterocycles. The molecule has 0 amide bonds. The maximum Gasteiger partial charge on any atom is 0.143 e. The average Bonchev–Trinajstić information content (AvgIpc) is 3.66. The van der Waals surface area contributed by atoms with Gasteiger partial charge in [-0.25, -0.2) is 0 Å². The highest BCUT2D eigenvalue weighted by atomic mass is 16.3. The van der Waals surface area contributed by atoms with Crippen molar-refractivity contribution in [2.24, 2.45) is 0 Å². The lowest BCUT2D eigenvalue weighted by Crippen LogP contribution is -2.10. The molecular formula is C54H35NO. The molecule has 0 N–H and O–H groups in total. The fourth-order valence-electron chi connectivity index (χ4n) is 8.52. The third-order valence-electron chi connectivity index (χ3n) is 11.2. The second-order valence-electron chi connectivity index (χ2n) is 14.5. The van der Waals surface area contributed by atoms with E-state index in [9.17, 15) is 0 Å². The highest BCUT2D eigenvalue weighted by Gasteiger charge is 2.17. The van der Waals surface area contributed by atoms with E-state index in [1.165, 1.54) is 49.0 Å². The SMILES string of the molecule is c1cc(-c2cccc(N(c3ccc(-c4cccc5c4oc4ccccc45)cc3)c3ccc4c(ccc5ccccc54)c3)c2)cc(-c2cccc3ccccc23)c1. The predicted molar refractivity (Wildman–Crippen MR) is 237 cm³/mol. The van der Waals surface area contributed by atoms with Gasteiger partial charge in [-0.15, -0.1) is 0 Å². The number of fused-ring (bicyclic) bond motifs is 7. The van der Waals surface area contributed by atoms with E-state index in [0.717, 1.165) is 55.7 Å². The summed E-state index contributed by atoms with van der Waals surface area (Å²) in [7, 11) is 0. The summed E-state index contributed by atoms with van der Waals surface area (Å²) in [5.41, 5.74) is 12.1. The monoisotopic (exact) mass is 713 g/mol.